The van der Waals surface area contributed by atoms with Crippen LogP contribution < -0.4 is 5.32 Å². The van der Waals surface area contributed by atoms with E-state index in [2.05, 4.69) is 10.3 Å². The summed E-state index contributed by atoms with van der Waals surface area (Å²) in [5.41, 5.74) is 3.35. The van der Waals surface area contributed by atoms with Gasteiger partial charge >= 0.3 is 0 Å². The molecular weight excluding hydrogens is 474 g/mol. The van der Waals surface area contributed by atoms with E-state index in [1.165, 1.54) is 11.3 Å². The first-order chi connectivity index (χ1) is 16.2. The molecule has 2 aliphatic heterocycles. The van der Waals surface area contributed by atoms with Crippen molar-refractivity contribution in [2.24, 2.45) is 0 Å². The van der Waals surface area contributed by atoms with Gasteiger partial charge in [0.1, 0.15) is 28.2 Å². The molecular formula is C24H19N3O3S3. The first-order valence-electron chi connectivity index (χ1n) is 10.3. The standard InChI is InChI=1S/C24H19N3O3S3/c28-14-26-18-22(29)27-19(17(13-33-23(18)27)21-25-11-12-32-21)24(31)30-20(15-7-3-1-4-8-15)16-9-5-2-6-10-16/h1-12,14,18,20,23H,13H2,(H,26,28)/t18-,23-/m1/s1. The molecule has 1 saturated heterocycles. The van der Waals surface area contributed by atoms with Gasteiger partial charge in [0.2, 0.25) is 11.5 Å². The summed E-state index contributed by atoms with van der Waals surface area (Å²) in [6.07, 6.45) is 1.87. The van der Waals surface area contributed by atoms with Crippen LogP contribution in [0.5, 0.6) is 0 Å². The van der Waals surface area contributed by atoms with Gasteiger partial charge in [-0.25, -0.2) is 4.98 Å². The van der Waals surface area contributed by atoms with E-state index >= 15 is 0 Å². The van der Waals surface area contributed by atoms with E-state index < -0.39 is 12.1 Å². The van der Waals surface area contributed by atoms with Crippen molar-refractivity contribution in [1.29, 1.82) is 0 Å². The molecule has 166 valence electrons. The highest BCUT2D eigenvalue weighted by atomic mass is 32.2. The Morgan fingerprint density at radius 1 is 1.15 bits per heavy atom. The molecule has 5 rings (SSSR count). The molecule has 0 radical (unpaired) electrons. The number of benzene rings is 2. The average molecular weight is 494 g/mol. The maximum Gasteiger partial charge on any atom is 0.253 e. The van der Waals surface area contributed by atoms with Gasteiger partial charge < -0.3 is 10.1 Å². The van der Waals surface area contributed by atoms with Crippen LogP contribution >= 0.6 is 35.3 Å². The third-order valence-electron chi connectivity index (χ3n) is 5.53. The van der Waals surface area contributed by atoms with E-state index in [-0.39, 0.29) is 16.3 Å². The number of hydrogen-bond donors (Lipinski definition) is 1. The van der Waals surface area contributed by atoms with Crippen LogP contribution in [0.2, 0.25) is 0 Å². The highest BCUT2D eigenvalue weighted by Crippen LogP contribution is 2.44. The Labute approximate surface area is 204 Å². The largest absolute Gasteiger partial charge is 0.469 e. The molecule has 0 spiro atoms. The molecule has 0 saturated carbocycles. The van der Waals surface area contributed by atoms with E-state index in [0.717, 1.165) is 21.7 Å². The van der Waals surface area contributed by atoms with Gasteiger partial charge in [-0.2, -0.15) is 0 Å². The number of β-lactam (4-membered cyclic amide) rings is 1. The monoisotopic (exact) mass is 493 g/mol. The van der Waals surface area contributed by atoms with Crippen molar-refractivity contribution in [3.8, 4) is 0 Å². The lowest BCUT2D eigenvalue weighted by molar-refractivity contribution is -0.143. The number of nitrogens with one attached hydrogen (secondary N) is 1. The van der Waals surface area contributed by atoms with Crippen LogP contribution in [0.4, 0.5) is 0 Å². The molecule has 2 amide bonds. The summed E-state index contributed by atoms with van der Waals surface area (Å²) >= 11 is 8.90. The summed E-state index contributed by atoms with van der Waals surface area (Å²) in [5.74, 6) is 0.407. The summed E-state index contributed by atoms with van der Waals surface area (Å²) in [4.78, 5) is 30.1. The number of thioether (sulfide) groups is 1. The van der Waals surface area contributed by atoms with E-state index in [0.29, 0.717) is 17.9 Å². The average Bonchev–Trinajstić information content (AvgIpc) is 3.40. The van der Waals surface area contributed by atoms with Crippen LogP contribution in [-0.4, -0.2) is 44.4 Å². The highest BCUT2D eigenvalue weighted by molar-refractivity contribution is 8.00. The van der Waals surface area contributed by atoms with Crippen LogP contribution in [0.3, 0.4) is 0 Å². The van der Waals surface area contributed by atoms with Crippen molar-refractivity contribution in [3.63, 3.8) is 0 Å². The van der Waals surface area contributed by atoms with Crippen molar-refractivity contribution in [2.45, 2.75) is 17.5 Å². The number of fused-ring (bicyclic) bond motifs is 1. The van der Waals surface area contributed by atoms with Gasteiger partial charge in [0.05, 0.1) is 0 Å². The molecule has 2 atom stereocenters. The van der Waals surface area contributed by atoms with Crippen molar-refractivity contribution >= 4 is 58.3 Å². The van der Waals surface area contributed by atoms with Gasteiger partial charge in [0.25, 0.3) is 5.91 Å². The van der Waals surface area contributed by atoms with Crippen LogP contribution in [0.1, 0.15) is 22.2 Å². The summed E-state index contributed by atoms with van der Waals surface area (Å²) in [6, 6.07) is 19.2. The summed E-state index contributed by atoms with van der Waals surface area (Å²) in [7, 11) is 0. The Kier molecular flexibility index (Phi) is 6.26. The molecule has 3 heterocycles. The lowest BCUT2D eigenvalue weighted by Gasteiger charge is -2.49. The first kappa shape index (κ1) is 21.8. The molecule has 9 heteroatoms. The molecule has 1 fully saturated rings. The zero-order valence-corrected chi connectivity index (χ0v) is 19.7. The van der Waals surface area contributed by atoms with Crippen molar-refractivity contribution in [2.75, 3.05) is 5.75 Å². The molecule has 2 aromatic carbocycles. The number of hydrogen-bond acceptors (Lipinski definition) is 7. The summed E-state index contributed by atoms with van der Waals surface area (Å²) in [5, 5.41) is 5.33. The number of thiocarbonyl (C=S) groups is 1. The van der Waals surface area contributed by atoms with E-state index in [9.17, 15) is 9.59 Å². The molecule has 0 aliphatic carbocycles. The molecule has 1 N–H and O–H groups in total. The summed E-state index contributed by atoms with van der Waals surface area (Å²) in [6.45, 7) is 0. The molecule has 33 heavy (non-hydrogen) atoms. The van der Waals surface area contributed by atoms with Gasteiger partial charge in [0, 0.05) is 22.9 Å². The first-order valence-corrected chi connectivity index (χ1v) is 12.6. The Balaban J connectivity index is 1.53. The molecule has 6 nitrogen and oxygen atoms in total. The van der Waals surface area contributed by atoms with Gasteiger partial charge in [-0.05, 0) is 23.3 Å². The maximum absolute atomic E-state index is 13.0. The smallest absolute Gasteiger partial charge is 0.253 e. The predicted octanol–water partition coefficient (Wildman–Crippen LogP) is 4.02. The number of aromatic nitrogens is 1. The van der Waals surface area contributed by atoms with E-state index in [1.54, 1.807) is 22.9 Å². The number of carbonyl (C=O) groups is 2. The number of nitrogens with zero attached hydrogens (tertiary/aromatic N) is 2. The second kappa shape index (κ2) is 9.46. The maximum atomic E-state index is 13.0. The number of amides is 2. The predicted molar refractivity (Wildman–Crippen MR) is 134 cm³/mol. The number of thiazole rings is 1. The molecule has 0 unspecified atom stereocenters. The highest BCUT2D eigenvalue weighted by Gasteiger charge is 2.53. The molecule has 3 aromatic rings. The fourth-order valence-electron chi connectivity index (χ4n) is 3.99. The van der Waals surface area contributed by atoms with Crippen molar-refractivity contribution in [3.05, 3.63) is 94.1 Å². The van der Waals surface area contributed by atoms with Crippen LogP contribution in [0.25, 0.3) is 5.57 Å². The van der Waals surface area contributed by atoms with Crippen molar-refractivity contribution < 1.29 is 14.3 Å². The third kappa shape index (κ3) is 4.07. The van der Waals surface area contributed by atoms with Gasteiger partial charge in [-0.3, -0.25) is 14.5 Å². The topological polar surface area (TPSA) is 71.5 Å². The minimum absolute atomic E-state index is 0.203. The van der Waals surface area contributed by atoms with Gasteiger partial charge in [-0.15, -0.1) is 23.1 Å². The number of ether oxygens (including phenoxy) is 1. The van der Waals surface area contributed by atoms with E-state index in [1.807, 2.05) is 66.0 Å². The Hall–Kier alpha value is -3.01. The lowest BCUT2D eigenvalue weighted by atomic mass is 10.0. The third-order valence-corrected chi connectivity index (χ3v) is 7.93. The second-order valence-corrected chi connectivity index (χ2v) is 9.81. The zero-order chi connectivity index (χ0) is 22.8. The minimum Gasteiger partial charge on any atom is -0.469 e. The zero-order valence-electron chi connectivity index (χ0n) is 17.3. The van der Waals surface area contributed by atoms with Crippen LogP contribution in [0.15, 0.2) is 77.9 Å². The Morgan fingerprint density at radius 2 is 1.82 bits per heavy atom. The van der Waals surface area contributed by atoms with Gasteiger partial charge in [-0.1, -0.05) is 60.7 Å². The fourth-order valence-corrected chi connectivity index (χ4v) is 6.44. The molecule has 2 aliphatic rings. The van der Waals surface area contributed by atoms with Crippen LogP contribution in [0, 0.1) is 0 Å². The molecule has 1 aromatic heterocycles. The quantitative estimate of drug-likeness (QED) is 0.305. The lowest BCUT2D eigenvalue weighted by Crippen LogP contribution is -2.69. The number of carbonyl (C=O) groups excluding carboxylic acids is 2. The Morgan fingerprint density at radius 3 is 2.39 bits per heavy atom. The van der Waals surface area contributed by atoms with Crippen molar-refractivity contribution in [1.82, 2.24) is 15.2 Å². The fraction of sp³-hybridized carbons (Fsp3) is 0.167. The summed E-state index contributed by atoms with van der Waals surface area (Å²) < 4.78 is 6.44. The van der Waals surface area contributed by atoms with E-state index in [4.69, 9.17) is 17.0 Å². The Bertz CT molecular complexity index is 1160. The normalized spacial score (nSPS) is 19.7. The van der Waals surface area contributed by atoms with Gasteiger partial charge in [0.15, 0.2) is 0 Å². The molecule has 0 bridgehead atoms. The SMILES string of the molecule is O=CN[C@@H]1C(=O)N2C(C(=S)OC(c3ccccc3)c3ccccc3)=C(c3nccs3)CS[C@H]12. The minimum atomic E-state index is -0.567. The van der Waals surface area contributed by atoms with Crippen LogP contribution in [-0.2, 0) is 14.3 Å². The second-order valence-electron chi connectivity index (χ2n) is 7.44. The number of rotatable bonds is 7.